The van der Waals surface area contributed by atoms with Gasteiger partial charge in [0, 0.05) is 29.2 Å². The second kappa shape index (κ2) is 7.78. The molecule has 5 nitrogen and oxygen atoms in total. The predicted octanol–water partition coefficient (Wildman–Crippen LogP) is 4.48. The molecule has 0 spiro atoms. The van der Waals surface area contributed by atoms with E-state index in [0.717, 1.165) is 22.2 Å². The molecule has 1 aliphatic carbocycles. The summed E-state index contributed by atoms with van der Waals surface area (Å²) in [5, 5.41) is 13.6. The van der Waals surface area contributed by atoms with Gasteiger partial charge in [-0.1, -0.05) is 60.7 Å². The number of hydrogen-bond donors (Lipinski definition) is 1. The molecule has 1 aliphatic rings. The maximum atomic E-state index is 14.1. The van der Waals surface area contributed by atoms with Gasteiger partial charge in [0.25, 0.3) is 0 Å². The van der Waals surface area contributed by atoms with E-state index < -0.39 is 17.0 Å². The summed E-state index contributed by atoms with van der Waals surface area (Å²) in [6, 6.07) is 24.9. The zero-order valence-corrected chi connectivity index (χ0v) is 19.0. The molecule has 2 atom stereocenters. The van der Waals surface area contributed by atoms with E-state index in [0.29, 0.717) is 29.7 Å². The van der Waals surface area contributed by atoms with Crippen molar-refractivity contribution >= 4 is 16.9 Å². The van der Waals surface area contributed by atoms with Crippen LogP contribution in [0.25, 0.3) is 10.9 Å². The highest BCUT2D eigenvalue weighted by Gasteiger charge is 2.63. The molecule has 168 valence electrons. The van der Waals surface area contributed by atoms with Gasteiger partial charge in [-0.25, -0.2) is 0 Å². The van der Waals surface area contributed by atoms with E-state index in [4.69, 9.17) is 9.47 Å². The third-order valence-electron chi connectivity index (χ3n) is 7.19. The minimum atomic E-state index is -1.54. The van der Waals surface area contributed by atoms with Crippen molar-refractivity contribution in [2.75, 3.05) is 14.2 Å². The molecule has 0 radical (unpaired) electrons. The van der Waals surface area contributed by atoms with Crippen LogP contribution in [0, 0.1) is 0 Å². The molecule has 0 aliphatic heterocycles. The molecule has 33 heavy (non-hydrogen) atoms. The number of para-hydroxylation sites is 1. The third kappa shape index (κ3) is 2.79. The van der Waals surface area contributed by atoms with Crippen LogP contribution in [0.2, 0.25) is 0 Å². The summed E-state index contributed by atoms with van der Waals surface area (Å²) >= 11 is 0. The maximum Gasteiger partial charge on any atom is 0.324 e. The van der Waals surface area contributed by atoms with Gasteiger partial charge in [-0.3, -0.25) is 4.79 Å². The van der Waals surface area contributed by atoms with Gasteiger partial charge < -0.3 is 19.1 Å². The fourth-order valence-electron chi connectivity index (χ4n) is 5.71. The number of carbonyl (C=O) groups excluding carboxylic acids is 1. The van der Waals surface area contributed by atoms with Crippen molar-refractivity contribution in [2.24, 2.45) is 7.05 Å². The number of aromatic nitrogens is 1. The number of carbonyl (C=O) groups is 1. The van der Waals surface area contributed by atoms with Crippen molar-refractivity contribution in [1.82, 2.24) is 4.57 Å². The van der Waals surface area contributed by atoms with Crippen LogP contribution in [0.5, 0.6) is 5.75 Å². The van der Waals surface area contributed by atoms with Crippen LogP contribution in [0.15, 0.2) is 78.9 Å². The maximum absolute atomic E-state index is 14.1. The molecule has 1 heterocycles. The van der Waals surface area contributed by atoms with Crippen LogP contribution in [0.4, 0.5) is 0 Å². The molecule has 3 aromatic carbocycles. The molecule has 2 unspecified atom stereocenters. The number of esters is 1. The fourth-order valence-corrected chi connectivity index (χ4v) is 5.71. The summed E-state index contributed by atoms with van der Waals surface area (Å²) in [5.74, 6) is 0.109. The van der Waals surface area contributed by atoms with Crippen molar-refractivity contribution in [3.8, 4) is 5.75 Å². The molecule has 4 aromatic rings. The van der Waals surface area contributed by atoms with Crippen LogP contribution >= 0.6 is 0 Å². The van der Waals surface area contributed by atoms with Gasteiger partial charge in [-0.15, -0.1) is 0 Å². The van der Waals surface area contributed by atoms with Gasteiger partial charge in [-0.2, -0.15) is 0 Å². The summed E-state index contributed by atoms with van der Waals surface area (Å²) in [5.41, 5.74) is 1.10. The summed E-state index contributed by atoms with van der Waals surface area (Å²) in [7, 11) is 4.99. The number of benzene rings is 3. The summed E-state index contributed by atoms with van der Waals surface area (Å²) in [4.78, 5) is 14.1. The molecule has 0 fully saturated rings. The van der Waals surface area contributed by atoms with Crippen LogP contribution in [-0.2, 0) is 34.0 Å². The summed E-state index contributed by atoms with van der Waals surface area (Å²) in [6.07, 6.45) is 0.981. The SMILES string of the molecule is COC(=O)C1(c2cccc(OC)c2)c2c(n(C)c3ccccc23)CCC1(O)c1ccccc1. The molecule has 0 saturated heterocycles. The van der Waals surface area contributed by atoms with Gasteiger partial charge in [0.15, 0.2) is 5.41 Å². The lowest BCUT2D eigenvalue weighted by Gasteiger charge is -2.49. The van der Waals surface area contributed by atoms with Gasteiger partial charge in [0.05, 0.1) is 14.2 Å². The molecule has 0 bridgehead atoms. The minimum Gasteiger partial charge on any atom is -0.497 e. The Morgan fingerprint density at radius 1 is 0.939 bits per heavy atom. The molecule has 0 saturated carbocycles. The average Bonchev–Trinajstić information content (AvgIpc) is 3.16. The quantitative estimate of drug-likeness (QED) is 0.475. The van der Waals surface area contributed by atoms with E-state index in [1.54, 1.807) is 7.11 Å². The number of nitrogens with zero attached hydrogens (tertiary/aromatic N) is 1. The Labute approximate surface area is 193 Å². The fraction of sp³-hybridized carbons (Fsp3) is 0.250. The Morgan fingerprint density at radius 2 is 1.64 bits per heavy atom. The van der Waals surface area contributed by atoms with E-state index in [1.807, 2.05) is 85.9 Å². The summed E-state index contributed by atoms with van der Waals surface area (Å²) in [6.45, 7) is 0. The van der Waals surface area contributed by atoms with Crippen LogP contribution < -0.4 is 4.74 Å². The van der Waals surface area contributed by atoms with E-state index in [9.17, 15) is 9.90 Å². The van der Waals surface area contributed by atoms with Crippen LogP contribution in [0.3, 0.4) is 0 Å². The molecule has 1 N–H and O–H groups in total. The highest BCUT2D eigenvalue weighted by molar-refractivity contribution is 5.99. The van der Waals surface area contributed by atoms with Gasteiger partial charge >= 0.3 is 5.97 Å². The normalized spacial score (nSPS) is 22.1. The first-order valence-corrected chi connectivity index (χ1v) is 11.1. The number of fused-ring (bicyclic) bond motifs is 3. The van der Waals surface area contributed by atoms with Gasteiger partial charge in [0.1, 0.15) is 11.4 Å². The van der Waals surface area contributed by atoms with Crippen molar-refractivity contribution in [2.45, 2.75) is 23.9 Å². The van der Waals surface area contributed by atoms with Crippen molar-refractivity contribution in [3.63, 3.8) is 0 Å². The molecule has 1 aromatic heterocycles. The predicted molar refractivity (Wildman–Crippen MR) is 127 cm³/mol. The summed E-state index contributed by atoms with van der Waals surface area (Å²) < 4.78 is 13.2. The van der Waals surface area contributed by atoms with Gasteiger partial charge in [0.2, 0.25) is 0 Å². The number of ether oxygens (including phenoxy) is 2. The van der Waals surface area contributed by atoms with Crippen molar-refractivity contribution in [1.29, 1.82) is 0 Å². The zero-order valence-electron chi connectivity index (χ0n) is 19.0. The number of hydrogen-bond acceptors (Lipinski definition) is 4. The Morgan fingerprint density at radius 3 is 2.36 bits per heavy atom. The van der Waals surface area contributed by atoms with Crippen LogP contribution in [-0.4, -0.2) is 29.9 Å². The third-order valence-corrected chi connectivity index (χ3v) is 7.19. The lowest BCUT2D eigenvalue weighted by molar-refractivity contribution is -0.160. The topological polar surface area (TPSA) is 60.7 Å². The smallest absolute Gasteiger partial charge is 0.324 e. The van der Waals surface area contributed by atoms with Crippen molar-refractivity contribution < 1.29 is 19.4 Å². The monoisotopic (exact) mass is 441 g/mol. The van der Waals surface area contributed by atoms with Crippen molar-refractivity contribution in [3.05, 3.63) is 101 Å². The first-order valence-electron chi connectivity index (χ1n) is 11.1. The Kier molecular flexibility index (Phi) is 5.02. The largest absolute Gasteiger partial charge is 0.497 e. The second-order valence-electron chi connectivity index (χ2n) is 8.60. The second-order valence-corrected chi connectivity index (χ2v) is 8.60. The first kappa shape index (κ1) is 21.3. The van der Waals surface area contributed by atoms with Crippen LogP contribution in [0.1, 0.15) is 28.8 Å². The standard InChI is InChI=1S/C28H27NO4/c1-29-23-15-8-7-14-22(23)25-24(29)16-17-27(31,19-10-5-4-6-11-19)28(25,26(30)33-3)20-12-9-13-21(18-20)32-2/h4-15,18,31H,16-17H2,1-3H3. The molecular weight excluding hydrogens is 414 g/mol. The van der Waals surface area contributed by atoms with E-state index >= 15 is 0 Å². The van der Waals surface area contributed by atoms with E-state index in [1.165, 1.54) is 7.11 Å². The number of aliphatic hydroxyl groups is 1. The molecule has 5 heteroatoms. The minimum absolute atomic E-state index is 0.362. The molecule has 0 amide bonds. The molecular formula is C28H27NO4. The average molecular weight is 442 g/mol. The highest BCUT2D eigenvalue weighted by Crippen LogP contribution is 2.57. The Balaban J connectivity index is 1.99. The number of aryl methyl sites for hydroxylation is 1. The lowest BCUT2D eigenvalue weighted by atomic mass is 9.55. The van der Waals surface area contributed by atoms with E-state index in [2.05, 4.69) is 4.57 Å². The molecule has 5 rings (SSSR count). The first-order chi connectivity index (χ1) is 16.0. The lowest BCUT2D eigenvalue weighted by Crippen LogP contribution is -2.58. The Bertz CT molecular complexity index is 1340. The zero-order chi connectivity index (χ0) is 23.2. The van der Waals surface area contributed by atoms with E-state index in [-0.39, 0.29) is 0 Å². The van der Waals surface area contributed by atoms with Gasteiger partial charge in [-0.05, 0) is 42.2 Å². The number of methoxy groups -OCH3 is 2. The Hall–Kier alpha value is -3.57. The highest BCUT2D eigenvalue weighted by atomic mass is 16.5. The number of rotatable bonds is 4.